The van der Waals surface area contributed by atoms with Gasteiger partial charge >= 0.3 is 5.97 Å². The molecule has 1 aliphatic rings. The number of benzene rings is 2. The van der Waals surface area contributed by atoms with Gasteiger partial charge in [0.2, 0.25) is 5.91 Å². The number of carbonyl (C=O) groups excluding carboxylic acids is 3. The smallest absolute Gasteiger partial charge is 0.311 e. The molecule has 3 rings (SSSR count). The van der Waals surface area contributed by atoms with Gasteiger partial charge in [0.05, 0.1) is 24.4 Å². The van der Waals surface area contributed by atoms with Crippen LogP contribution in [0, 0.1) is 13.8 Å². The first-order valence-corrected chi connectivity index (χ1v) is 10.7. The lowest BCUT2D eigenvalue weighted by atomic mass is 10.1. The summed E-state index contributed by atoms with van der Waals surface area (Å²) in [5.74, 6) is -1.16. The first kappa shape index (κ1) is 22.6. The number of esters is 1. The molecule has 0 aromatic heterocycles. The second-order valence-electron chi connectivity index (χ2n) is 7.21. The lowest BCUT2D eigenvalue weighted by molar-refractivity contribution is -0.142. The van der Waals surface area contributed by atoms with Crippen molar-refractivity contribution in [2.45, 2.75) is 27.2 Å². The SMILES string of the molecule is CCOC(=O)CC1=CC(=O)N(CC(=O)Nc2cccc(Br)c2)c2cc(C)c(C)cc2N1. The number of anilines is 3. The third-order valence-corrected chi connectivity index (χ3v) is 5.31. The minimum absolute atomic E-state index is 0.0655. The molecule has 0 unspecified atom stereocenters. The van der Waals surface area contributed by atoms with Crippen LogP contribution in [0.15, 0.2) is 52.6 Å². The first-order chi connectivity index (χ1) is 14.8. The molecule has 0 fully saturated rings. The molecular formula is C23H24BrN3O4. The molecule has 0 aliphatic carbocycles. The molecule has 1 aliphatic heterocycles. The average Bonchev–Trinajstić information content (AvgIpc) is 2.79. The van der Waals surface area contributed by atoms with E-state index in [1.54, 1.807) is 19.1 Å². The molecule has 0 saturated heterocycles. The highest BCUT2D eigenvalue weighted by Gasteiger charge is 2.26. The third kappa shape index (κ3) is 5.73. The summed E-state index contributed by atoms with van der Waals surface area (Å²) in [7, 11) is 0. The Hall–Kier alpha value is -3.13. The van der Waals surface area contributed by atoms with Crippen LogP contribution in [0.25, 0.3) is 0 Å². The van der Waals surface area contributed by atoms with E-state index >= 15 is 0 Å². The Labute approximate surface area is 189 Å². The maximum Gasteiger partial charge on any atom is 0.311 e. The summed E-state index contributed by atoms with van der Waals surface area (Å²) >= 11 is 3.37. The van der Waals surface area contributed by atoms with Crippen LogP contribution in [-0.4, -0.2) is 30.9 Å². The number of hydrogen-bond donors (Lipinski definition) is 2. The summed E-state index contributed by atoms with van der Waals surface area (Å²) in [6, 6.07) is 11.0. The Kier molecular flexibility index (Phi) is 7.12. The van der Waals surface area contributed by atoms with Crippen molar-refractivity contribution in [3.8, 4) is 0 Å². The second kappa shape index (κ2) is 9.78. The summed E-state index contributed by atoms with van der Waals surface area (Å²) in [4.78, 5) is 39.1. The lowest BCUT2D eigenvalue weighted by Crippen LogP contribution is -2.37. The maximum absolute atomic E-state index is 13.0. The summed E-state index contributed by atoms with van der Waals surface area (Å²) in [5.41, 5.74) is 4.28. The molecule has 162 valence electrons. The largest absolute Gasteiger partial charge is 0.466 e. The van der Waals surface area contributed by atoms with E-state index in [-0.39, 0.29) is 25.5 Å². The van der Waals surface area contributed by atoms with E-state index in [2.05, 4.69) is 26.6 Å². The van der Waals surface area contributed by atoms with E-state index in [0.29, 0.717) is 22.8 Å². The number of aryl methyl sites for hydroxylation is 2. The number of fused-ring (bicyclic) bond motifs is 1. The number of ether oxygens (including phenoxy) is 1. The van der Waals surface area contributed by atoms with E-state index in [0.717, 1.165) is 15.6 Å². The topological polar surface area (TPSA) is 87.7 Å². The molecular weight excluding hydrogens is 462 g/mol. The Morgan fingerprint density at radius 3 is 2.61 bits per heavy atom. The van der Waals surface area contributed by atoms with Crippen molar-refractivity contribution < 1.29 is 19.1 Å². The van der Waals surface area contributed by atoms with Gasteiger partial charge in [0, 0.05) is 21.9 Å². The quantitative estimate of drug-likeness (QED) is 0.595. The summed E-state index contributed by atoms with van der Waals surface area (Å²) in [6.07, 6.45) is 1.28. The molecule has 2 aromatic carbocycles. The van der Waals surface area contributed by atoms with Crippen LogP contribution >= 0.6 is 15.9 Å². The first-order valence-electron chi connectivity index (χ1n) is 9.88. The molecule has 0 radical (unpaired) electrons. The van der Waals surface area contributed by atoms with E-state index in [1.807, 2.05) is 38.1 Å². The van der Waals surface area contributed by atoms with E-state index in [4.69, 9.17) is 4.74 Å². The second-order valence-corrected chi connectivity index (χ2v) is 8.13. The van der Waals surface area contributed by atoms with Crippen LogP contribution < -0.4 is 15.5 Å². The Bertz CT molecular complexity index is 1060. The van der Waals surface area contributed by atoms with Crippen LogP contribution in [0.1, 0.15) is 24.5 Å². The van der Waals surface area contributed by atoms with Gasteiger partial charge in [0.15, 0.2) is 0 Å². The normalized spacial score (nSPS) is 13.0. The predicted octanol–water partition coefficient (Wildman–Crippen LogP) is 4.30. The van der Waals surface area contributed by atoms with Crippen molar-refractivity contribution in [2.24, 2.45) is 0 Å². The molecule has 7 nitrogen and oxygen atoms in total. The van der Waals surface area contributed by atoms with Crippen molar-refractivity contribution in [3.05, 3.63) is 63.8 Å². The highest BCUT2D eigenvalue weighted by Crippen LogP contribution is 2.33. The predicted molar refractivity (Wildman–Crippen MR) is 124 cm³/mol. The van der Waals surface area contributed by atoms with Crippen LogP contribution in [0.2, 0.25) is 0 Å². The molecule has 2 N–H and O–H groups in total. The average molecular weight is 486 g/mol. The Balaban J connectivity index is 1.90. The van der Waals surface area contributed by atoms with Crippen LogP contribution in [0.4, 0.5) is 17.1 Å². The Morgan fingerprint density at radius 2 is 1.90 bits per heavy atom. The molecule has 0 saturated carbocycles. The van der Waals surface area contributed by atoms with Gasteiger partial charge in [0.1, 0.15) is 6.54 Å². The van der Waals surface area contributed by atoms with Gasteiger partial charge in [-0.3, -0.25) is 19.3 Å². The van der Waals surface area contributed by atoms with Crippen LogP contribution in [0.3, 0.4) is 0 Å². The van der Waals surface area contributed by atoms with Gasteiger partial charge in [-0.15, -0.1) is 0 Å². The van der Waals surface area contributed by atoms with E-state index < -0.39 is 11.9 Å². The maximum atomic E-state index is 13.0. The van der Waals surface area contributed by atoms with Gasteiger partial charge in [-0.05, 0) is 62.2 Å². The lowest BCUT2D eigenvalue weighted by Gasteiger charge is -2.23. The van der Waals surface area contributed by atoms with Gasteiger partial charge in [-0.1, -0.05) is 22.0 Å². The summed E-state index contributed by atoms with van der Waals surface area (Å²) < 4.78 is 5.84. The summed E-state index contributed by atoms with van der Waals surface area (Å²) in [6.45, 7) is 5.72. The van der Waals surface area contributed by atoms with Crippen molar-refractivity contribution in [1.82, 2.24) is 0 Å². The fraction of sp³-hybridized carbons (Fsp3) is 0.261. The van der Waals surface area contributed by atoms with Crippen molar-refractivity contribution in [2.75, 3.05) is 28.7 Å². The van der Waals surface area contributed by atoms with E-state index in [9.17, 15) is 14.4 Å². The molecule has 31 heavy (non-hydrogen) atoms. The highest BCUT2D eigenvalue weighted by molar-refractivity contribution is 9.10. The molecule has 2 amide bonds. The van der Waals surface area contributed by atoms with Crippen LogP contribution in [0.5, 0.6) is 0 Å². The van der Waals surface area contributed by atoms with Gasteiger partial charge in [-0.25, -0.2) is 0 Å². The standard InChI is InChI=1S/C23H24BrN3O4/c1-4-31-23(30)12-18-11-22(29)27(20-9-15(3)14(2)8-19(20)25-18)13-21(28)26-17-7-5-6-16(24)10-17/h5-11,25H,4,12-13H2,1-3H3,(H,26,28). The zero-order valence-electron chi connectivity index (χ0n) is 17.6. The molecule has 8 heteroatoms. The number of nitrogens with one attached hydrogen (secondary N) is 2. The fourth-order valence-corrected chi connectivity index (χ4v) is 3.61. The number of amides is 2. The zero-order chi connectivity index (χ0) is 22.5. The fourth-order valence-electron chi connectivity index (χ4n) is 3.22. The number of halogens is 1. The third-order valence-electron chi connectivity index (χ3n) is 4.81. The van der Waals surface area contributed by atoms with Gasteiger partial charge < -0.3 is 15.4 Å². The summed E-state index contributed by atoms with van der Waals surface area (Å²) in [5, 5.41) is 5.98. The minimum Gasteiger partial charge on any atom is -0.466 e. The number of rotatable bonds is 6. The molecule has 0 spiro atoms. The number of carbonyl (C=O) groups is 3. The highest BCUT2D eigenvalue weighted by atomic mass is 79.9. The minimum atomic E-state index is -0.430. The van der Waals surface area contributed by atoms with E-state index in [1.165, 1.54) is 11.0 Å². The number of nitrogens with zero attached hydrogens (tertiary/aromatic N) is 1. The van der Waals surface area contributed by atoms with Gasteiger partial charge in [0.25, 0.3) is 5.91 Å². The molecule has 2 aromatic rings. The molecule has 0 bridgehead atoms. The Morgan fingerprint density at radius 1 is 1.16 bits per heavy atom. The monoisotopic (exact) mass is 485 g/mol. The van der Waals surface area contributed by atoms with Crippen LogP contribution in [-0.2, 0) is 19.1 Å². The number of hydrogen-bond acceptors (Lipinski definition) is 5. The van der Waals surface area contributed by atoms with Crippen molar-refractivity contribution in [1.29, 1.82) is 0 Å². The molecule has 1 heterocycles. The van der Waals surface area contributed by atoms with Crippen molar-refractivity contribution >= 4 is 50.8 Å². The molecule has 0 atom stereocenters. The zero-order valence-corrected chi connectivity index (χ0v) is 19.2. The van der Waals surface area contributed by atoms with Gasteiger partial charge in [-0.2, -0.15) is 0 Å². The van der Waals surface area contributed by atoms with Crippen molar-refractivity contribution in [3.63, 3.8) is 0 Å².